The molecule has 164 valence electrons. The van der Waals surface area contributed by atoms with E-state index in [0.717, 1.165) is 46.2 Å². The molecule has 33 heavy (non-hydrogen) atoms. The van der Waals surface area contributed by atoms with Gasteiger partial charge in [-0.3, -0.25) is 0 Å². The van der Waals surface area contributed by atoms with Crippen molar-refractivity contribution in [2.45, 2.75) is 37.0 Å². The van der Waals surface area contributed by atoms with E-state index in [2.05, 4.69) is 42.5 Å². The van der Waals surface area contributed by atoms with E-state index in [9.17, 15) is 0 Å². The van der Waals surface area contributed by atoms with Gasteiger partial charge in [0.15, 0.2) is 0 Å². The van der Waals surface area contributed by atoms with Gasteiger partial charge in [-0.05, 0) is 52.3 Å². The number of alkyl halides is 2. The Kier molecular flexibility index (Phi) is 4.72. The van der Waals surface area contributed by atoms with Crippen LogP contribution in [0.2, 0.25) is 0 Å². The predicted molar refractivity (Wildman–Crippen MR) is 130 cm³/mol. The second kappa shape index (κ2) is 7.66. The van der Waals surface area contributed by atoms with Crippen LogP contribution in [0.1, 0.15) is 53.5 Å². The highest BCUT2D eigenvalue weighted by molar-refractivity contribution is 5.86. The lowest BCUT2D eigenvalue weighted by atomic mass is 9.67. The third-order valence-electron chi connectivity index (χ3n) is 7.71. The summed E-state index contributed by atoms with van der Waals surface area (Å²) in [6.07, 6.45) is 3.00. The van der Waals surface area contributed by atoms with Crippen molar-refractivity contribution in [3.63, 3.8) is 0 Å². The lowest BCUT2D eigenvalue weighted by molar-refractivity contribution is -0.0626. The molecule has 0 unspecified atom stereocenters. The molecular weight excluding hydrogens is 410 g/mol. The maximum atomic E-state index is 15.7. The van der Waals surface area contributed by atoms with Crippen molar-refractivity contribution < 1.29 is 8.78 Å². The van der Waals surface area contributed by atoms with Crippen LogP contribution in [-0.2, 0) is 11.3 Å². The van der Waals surface area contributed by atoms with Crippen molar-refractivity contribution in [2.75, 3.05) is 0 Å². The van der Waals surface area contributed by atoms with Gasteiger partial charge in [-0.2, -0.15) is 0 Å². The highest BCUT2D eigenvalue weighted by Crippen LogP contribution is 2.57. The minimum atomic E-state index is -2.82. The Bertz CT molecular complexity index is 1250. The Balaban J connectivity index is 1.67. The SMILES string of the molecule is FC(F)(c1ccc2c(c1)C(c1ccccc1)(c1ccccc1)c1ccccc1-2)C1CCCC1. The largest absolute Gasteiger partial charge is 0.276 e. The molecule has 0 spiro atoms. The number of hydrogen-bond donors (Lipinski definition) is 0. The van der Waals surface area contributed by atoms with Crippen molar-refractivity contribution in [1.82, 2.24) is 0 Å². The maximum absolute atomic E-state index is 15.7. The first kappa shape index (κ1) is 20.4. The zero-order valence-electron chi connectivity index (χ0n) is 18.5. The van der Waals surface area contributed by atoms with E-state index in [4.69, 9.17) is 0 Å². The normalized spacial score (nSPS) is 17.0. The molecule has 0 N–H and O–H groups in total. The molecule has 1 fully saturated rings. The standard InChI is InChI=1S/C31H26F2/c32-31(33,24-15-7-8-16-24)25-19-20-27-26-17-9-10-18-28(26)30(29(27)21-25,22-11-3-1-4-12-22)23-13-5-2-6-14-23/h1-6,9-14,17-21,24H,7-8,15-16H2. The third kappa shape index (κ3) is 2.93. The first-order chi connectivity index (χ1) is 16.1. The van der Waals surface area contributed by atoms with Crippen LogP contribution in [0.15, 0.2) is 103 Å². The van der Waals surface area contributed by atoms with Crippen LogP contribution < -0.4 is 0 Å². The fourth-order valence-electron chi connectivity index (χ4n) is 6.18. The second-order valence-electron chi connectivity index (χ2n) is 9.39. The highest BCUT2D eigenvalue weighted by atomic mass is 19.3. The number of halogens is 2. The molecule has 0 aliphatic heterocycles. The number of rotatable bonds is 4. The topological polar surface area (TPSA) is 0 Å². The van der Waals surface area contributed by atoms with Gasteiger partial charge in [0.25, 0.3) is 5.92 Å². The molecule has 6 rings (SSSR count). The number of hydrogen-bond acceptors (Lipinski definition) is 0. The Morgan fingerprint density at radius 1 is 0.606 bits per heavy atom. The van der Waals surface area contributed by atoms with Gasteiger partial charge < -0.3 is 0 Å². The van der Waals surface area contributed by atoms with Crippen LogP contribution in [-0.4, -0.2) is 0 Å². The Morgan fingerprint density at radius 2 is 1.15 bits per heavy atom. The summed E-state index contributed by atoms with van der Waals surface area (Å²) in [5, 5.41) is 0. The smallest absolute Gasteiger partial charge is 0.201 e. The molecule has 0 nitrogen and oxygen atoms in total. The minimum Gasteiger partial charge on any atom is -0.201 e. The van der Waals surface area contributed by atoms with Crippen LogP contribution in [0, 0.1) is 5.92 Å². The van der Waals surface area contributed by atoms with Gasteiger partial charge in [-0.1, -0.05) is 110 Å². The fraction of sp³-hybridized carbons (Fsp3) is 0.226. The molecule has 0 bridgehead atoms. The van der Waals surface area contributed by atoms with Crippen molar-refractivity contribution in [2.24, 2.45) is 5.92 Å². The van der Waals surface area contributed by atoms with Gasteiger partial charge in [-0.15, -0.1) is 0 Å². The van der Waals surface area contributed by atoms with Crippen LogP contribution in [0.4, 0.5) is 8.78 Å². The van der Waals surface area contributed by atoms with Crippen molar-refractivity contribution in [1.29, 1.82) is 0 Å². The van der Waals surface area contributed by atoms with Crippen molar-refractivity contribution >= 4 is 0 Å². The summed E-state index contributed by atoms with van der Waals surface area (Å²) in [6.45, 7) is 0. The third-order valence-corrected chi connectivity index (χ3v) is 7.71. The first-order valence-electron chi connectivity index (χ1n) is 11.9. The summed E-state index contributed by atoms with van der Waals surface area (Å²) in [5.41, 5.74) is 6.00. The number of benzene rings is 4. The lowest BCUT2D eigenvalue weighted by Crippen LogP contribution is -2.29. The van der Waals surface area contributed by atoms with Gasteiger partial charge in [0, 0.05) is 11.5 Å². The highest BCUT2D eigenvalue weighted by Gasteiger charge is 2.48. The Hall–Kier alpha value is -3.26. The van der Waals surface area contributed by atoms with E-state index in [1.54, 1.807) is 6.07 Å². The summed E-state index contributed by atoms with van der Waals surface area (Å²) in [5.74, 6) is -3.39. The van der Waals surface area contributed by atoms with Crippen molar-refractivity contribution in [3.05, 3.63) is 131 Å². The molecule has 0 saturated heterocycles. The predicted octanol–water partition coefficient (Wildman–Crippen LogP) is 8.33. The summed E-state index contributed by atoms with van der Waals surface area (Å²) in [7, 11) is 0. The summed E-state index contributed by atoms with van der Waals surface area (Å²) < 4.78 is 31.4. The molecule has 4 aromatic carbocycles. The number of fused-ring (bicyclic) bond motifs is 3. The van der Waals surface area contributed by atoms with E-state index in [-0.39, 0.29) is 5.56 Å². The van der Waals surface area contributed by atoms with Crippen LogP contribution in [0.3, 0.4) is 0 Å². The quantitative estimate of drug-likeness (QED) is 0.266. The average molecular weight is 437 g/mol. The van der Waals surface area contributed by atoms with E-state index in [1.807, 2.05) is 54.6 Å². The maximum Gasteiger partial charge on any atom is 0.276 e. The van der Waals surface area contributed by atoms with E-state index >= 15 is 8.78 Å². The minimum absolute atomic E-state index is 0.150. The second-order valence-corrected chi connectivity index (χ2v) is 9.39. The monoisotopic (exact) mass is 436 g/mol. The Labute approximate surface area is 193 Å². The van der Waals surface area contributed by atoms with E-state index in [1.165, 1.54) is 0 Å². The van der Waals surface area contributed by atoms with Gasteiger partial charge in [0.05, 0.1) is 5.41 Å². The fourth-order valence-corrected chi connectivity index (χ4v) is 6.18. The molecule has 0 amide bonds. The average Bonchev–Trinajstić information content (AvgIpc) is 3.51. The lowest BCUT2D eigenvalue weighted by Gasteiger charge is -2.34. The Morgan fingerprint density at radius 3 is 1.79 bits per heavy atom. The van der Waals surface area contributed by atoms with E-state index < -0.39 is 17.3 Å². The molecular formula is C31H26F2. The molecule has 2 heteroatoms. The molecule has 0 radical (unpaired) electrons. The zero-order chi connectivity index (χ0) is 22.5. The van der Waals surface area contributed by atoms with Gasteiger partial charge in [0.2, 0.25) is 0 Å². The molecule has 0 aromatic heterocycles. The molecule has 4 aromatic rings. The molecule has 0 heterocycles. The summed E-state index contributed by atoms with van der Waals surface area (Å²) in [6, 6.07) is 34.5. The summed E-state index contributed by atoms with van der Waals surface area (Å²) in [4.78, 5) is 0. The molecule has 0 atom stereocenters. The van der Waals surface area contributed by atoms with Crippen LogP contribution >= 0.6 is 0 Å². The van der Waals surface area contributed by atoms with Gasteiger partial charge in [0.1, 0.15) is 0 Å². The van der Waals surface area contributed by atoms with Crippen molar-refractivity contribution in [3.8, 4) is 11.1 Å². The molecule has 2 aliphatic rings. The van der Waals surface area contributed by atoms with Gasteiger partial charge in [-0.25, -0.2) is 8.78 Å². The zero-order valence-corrected chi connectivity index (χ0v) is 18.5. The summed E-state index contributed by atoms with van der Waals surface area (Å²) >= 11 is 0. The molecule has 1 saturated carbocycles. The van der Waals surface area contributed by atoms with Gasteiger partial charge >= 0.3 is 0 Å². The molecule has 2 aliphatic carbocycles. The van der Waals surface area contributed by atoms with Crippen LogP contribution in [0.5, 0.6) is 0 Å². The van der Waals surface area contributed by atoms with Crippen LogP contribution in [0.25, 0.3) is 11.1 Å². The first-order valence-corrected chi connectivity index (χ1v) is 11.9. The van der Waals surface area contributed by atoms with E-state index in [0.29, 0.717) is 12.8 Å².